The van der Waals surface area contributed by atoms with Gasteiger partial charge in [0.2, 0.25) is 0 Å². The fraction of sp³-hybridized carbons (Fsp3) is 0.0714. The standard InChI is InChI=1S/C14H11NO4/c1-10-4-5-11(9-13(10)15(17)18)14-7-6-12(19-14)3-2-8-16/h2-9H,1H3. The van der Waals surface area contributed by atoms with Gasteiger partial charge in [-0.25, -0.2) is 0 Å². The highest BCUT2D eigenvalue weighted by atomic mass is 16.6. The van der Waals surface area contributed by atoms with E-state index in [0.717, 1.165) is 0 Å². The molecule has 0 aliphatic heterocycles. The van der Waals surface area contributed by atoms with E-state index >= 15 is 0 Å². The minimum Gasteiger partial charge on any atom is -0.457 e. The molecular formula is C14H11NO4. The van der Waals surface area contributed by atoms with Crippen LogP contribution in [0.2, 0.25) is 0 Å². The second-order valence-electron chi connectivity index (χ2n) is 3.96. The number of furan rings is 1. The molecule has 0 fully saturated rings. The molecule has 1 aromatic carbocycles. The number of carbonyl (C=O) groups excluding carboxylic acids is 1. The van der Waals surface area contributed by atoms with Crippen molar-refractivity contribution in [1.82, 2.24) is 0 Å². The van der Waals surface area contributed by atoms with E-state index in [4.69, 9.17) is 4.42 Å². The molecule has 5 nitrogen and oxygen atoms in total. The average Bonchev–Trinajstić information content (AvgIpc) is 2.85. The number of carbonyl (C=O) groups is 1. The Morgan fingerprint density at radius 3 is 2.74 bits per heavy atom. The highest BCUT2D eigenvalue weighted by Gasteiger charge is 2.13. The molecule has 1 aromatic heterocycles. The Morgan fingerprint density at radius 2 is 2.05 bits per heavy atom. The summed E-state index contributed by atoms with van der Waals surface area (Å²) in [4.78, 5) is 20.7. The van der Waals surface area contributed by atoms with Gasteiger partial charge in [0, 0.05) is 17.2 Å². The number of nitrogens with zero attached hydrogens (tertiary/aromatic N) is 1. The van der Waals surface area contributed by atoms with Crippen LogP contribution >= 0.6 is 0 Å². The summed E-state index contributed by atoms with van der Waals surface area (Å²) < 4.78 is 5.48. The molecule has 0 amide bonds. The number of aldehydes is 1. The fourth-order valence-corrected chi connectivity index (χ4v) is 1.69. The van der Waals surface area contributed by atoms with Gasteiger partial charge in [-0.2, -0.15) is 0 Å². The maximum atomic E-state index is 10.9. The molecule has 1 heterocycles. The van der Waals surface area contributed by atoms with E-state index in [1.165, 1.54) is 18.2 Å². The molecule has 19 heavy (non-hydrogen) atoms. The van der Waals surface area contributed by atoms with E-state index in [2.05, 4.69) is 0 Å². The molecule has 0 unspecified atom stereocenters. The highest BCUT2D eigenvalue weighted by Crippen LogP contribution is 2.28. The van der Waals surface area contributed by atoms with Crippen LogP contribution < -0.4 is 0 Å². The van der Waals surface area contributed by atoms with Crippen LogP contribution in [0.5, 0.6) is 0 Å². The van der Waals surface area contributed by atoms with Crippen molar-refractivity contribution in [2.24, 2.45) is 0 Å². The molecule has 2 aromatic rings. The van der Waals surface area contributed by atoms with Crippen molar-refractivity contribution >= 4 is 18.0 Å². The van der Waals surface area contributed by atoms with Crippen LogP contribution in [0.25, 0.3) is 17.4 Å². The minimum absolute atomic E-state index is 0.0545. The summed E-state index contributed by atoms with van der Waals surface area (Å²) in [5, 5.41) is 10.9. The van der Waals surface area contributed by atoms with Crippen molar-refractivity contribution in [3.05, 3.63) is 57.8 Å². The molecular weight excluding hydrogens is 246 g/mol. The number of hydrogen-bond donors (Lipinski definition) is 0. The van der Waals surface area contributed by atoms with Crippen LogP contribution in [-0.2, 0) is 4.79 Å². The molecule has 0 radical (unpaired) electrons. The lowest BCUT2D eigenvalue weighted by Crippen LogP contribution is -1.91. The van der Waals surface area contributed by atoms with Gasteiger partial charge in [0.25, 0.3) is 5.69 Å². The summed E-state index contributed by atoms with van der Waals surface area (Å²) >= 11 is 0. The molecule has 0 N–H and O–H groups in total. The smallest absolute Gasteiger partial charge is 0.273 e. The molecule has 0 aliphatic rings. The monoisotopic (exact) mass is 257 g/mol. The first kappa shape index (κ1) is 12.8. The summed E-state index contributed by atoms with van der Waals surface area (Å²) in [5.41, 5.74) is 1.28. The number of benzene rings is 1. The van der Waals surface area contributed by atoms with E-state index < -0.39 is 4.92 Å². The Bertz CT molecular complexity index is 655. The zero-order valence-corrected chi connectivity index (χ0v) is 10.2. The van der Waals surface area contributed by atoms with Crippen molar-refractivity contribution in [2.75, 3.05) is 0 Å². The number of rotatable bonds is 4. The largest absolute Gasteiger partial charge is 0.457 e. The van der Waals surface area contributed by atoms with E-state index in [1.807, 2.05) is 0 Å². The Balaban J connectivity index is 2.39. The summed E-state index contributed by atoms with van der Waals surface area (Å²) in [6, 6.07) is 8.31. The van der Waals surface area contributed by atoms with E-state index in [1.54, 1.807) is 31.2 Å². The maximum Gasteiger partial charge on any atom is 0.273 e. The predicted octanol–water partition coefficient (Wildman–Crippen LogP) is 3.38. The Morgan fingerprint density at radius 1 is 1.26 bits per heavy atom. The molecule has 0 spiro atoms. The number of hydrogen-bond acceptors (Lipinski definition) is 4. The van der Waals surface area contributed by atoms with Gasteiger partial charge in [-0.1, -0.05) is 12.1 Å². The van der Waals surface area contributed by atoms with Gasteiger partial charge in [-0.15, -0.1) is 0 Å². The SMILES string of the molecule is Cc1ccc(-c2ccc(C=CC=O)o2)cc1[N+](=O)[O-]. The first-order valence-corrected chi connectivity index (χ1v) is 5.59. The molecule has 5 heteroatoms. The number of allylic oxidation sites excluding steroid dienone is 1. The maximum absolute atomic E-state index is 10.9. The Kier molecular flexibility index (Phi) is 3.56. The third-order valence-corrected chi connectivity index (χ3v) is 2.66. The lowest BCUT2D eigenvalue weighted by Gasteiger charge is -2.00. The number of nitro groups is 1. The first-order chi connectivity index (χ1) is 9.11. The summed E-state index contributed by atoms with van der Waals surface area (Å²) in [7, 11) is 0. The second kappa shape index (κ2) is 5.30. The van der Waals surface area contributed by atoms with Gasteiger partial charge in [-0.05, 0) is 31.2 Å². The van der Waals surface area contributed by atoms with Gasteiger partial charge in [0.05, 0.1) is 4.92 Å². The van der Waals surface area contributed by atoms with Gasteiger partial charge >= 0.3 is 0 Å². The van der Waals surface area contributed by atoms with Gasteiger partial charge in [0.1, 0.15) is 17.8 Å². The first-order valence-electron chi connectivity index (χ1n) is 5.59. The molecule has 0 aliphatic carbocycles. The van der Waals surface area contributed by atoms with Crippen LogP contribution in [0.1, 0.15) is 11.3 Å². The zero-order valence-electron chi connectivity index (χ0n) is 10.2. The fourth-order valence-electron chi connectivity index (χ4n) is 1.69. The van der Waals surface area contributed by atoms with Crippen molar-refractivity contribution in [3.8, 4) is 11.3 Å². The highest BCUT2D eigenvalue weighted by molar-refractivity contribution is 5.73. The summed E-state index contributed by atoms with van der Waals surface area (Å²) in [6.07, 6.45) is 3.50. The van der Waals surface area contributed by atoms with E-state index in [-0.39, 0.29) is 5.69 Å². The quantitative estimate of drug-likeness (QED) is 0.364. The number of aryl methyl sites for hydroxylation is 1. The normalized spacial score (nSPS) is 10.8. The molecule has 0 bridgehead atoms. The van der Waals surface area contributed by atoms with E-state index in [0.29, 0.717) is 28.9 Å². The molecule has 0 saturated heterocycles. The van der Waals surface area contributed by atoms with Crippen LogP contribution in [0.15, 0.2) is 40.8 Å². The summed E-state index contributed by atoms with van der Waals surface area (Å²) in [5.74, 6) is 1.04. The average molecular weight is 257 g/mol. The zero-order chi connectivity index (χ0) is 13.8. The minimum atomic E-state index is -0.422. The van der Waals surface area contributed by atoms with Crippen molar-refractivity contribution in [2.45, 2.75) is 6.92 Å². The van der Waals surface area contributed by atoms with Crippen molar-refractivity contribution in [1.29, 1.82) is 0 Å². The van der Waals surface area contributed by atoms with Crippen LogP contribution in [0, 0.1) is 17.0 Å². The molecule has 96 valence electrons. The van der Waals surface area contributed by atoms with Gasteiger partial charge in [0.15, 0.2) is 0 Å². The lowest BCUT2D eigenvalue weighted by atomic mass is 10.1. The van der Waals surface area contributed by atoms with Crippen LogP contribution in [-0.4, -0.2) is 11.2 Å². The van der Waals surface area contributed by atoms with E-state index in [9.17, 15) is 14.9 Å². The van der Waals surface area contributed by atoms with Crippen LogP contribution in [0.4, 0.5) is 5.69 Å². The van der Waals surface area contributed by atoms with Crippen molar-refractivity contribution < 1.29 is 14.1 Å². The lowest BCUT2D eigenvalue weighted by molar-refractivity contribution is -0.385. The van der Waals surface area contributed by atoms with Crippen LogP contribution in [0.3, 0.4) is 0 Å². The second-order valence-corrected chi connectivity index (χ2v) is 3.96. The van der Waals surface area contributed by atoms with Gasteiger partial charge < -0.3 is 4.42 Å². The molecule has 2 rings (SSSR count). The third-order valence-electron chi connectivity index (χ3n) is 2.66. The predicted molar refractivity (Wildman–Crippen MR) is 70.6 cm³/mol. The summed E-state index contributed by atoms with van der Waals surface area (Å²) in [6.45, 7) is 1.68. The topological polar surface area (TPSA) is 73.3 Å². The van der Waals surface area contributed by atoms with Crippen molar-refractivity contribution in [3.63, 3.8) is 0 Å². The Hall–Kier alpha value is -2.69. The van der Waals surface area contributed by atoms with Gasteiger partial charge in [-0.3, -0.25) is 14.9 Å². The third kappa shape index (κ3) is 2.77. The molecule has 0 atom stereocenters. The number of nitro benzene ring substituents is 1. The molecule has 0 saturated carbocycles. The Labute approximate surface area is 109 Å².